The number of ketones is 2. The van der Waals surface area contributed by atoms with Crippen LogP contribution in [0, 0.1) is 6.92 Å². The maximum absolute atomic E-state index is 11.8. The Morgan fingerprint density at radius 1 is 0.900 bits per heavy atom. The number of hydrogen-bond donors (Lipinski definition) is 1. The molecule has 3 nitrogen and oxygen atoms in total. The topological polar surface area (TPSA) is 46.2 Å². The number of anilines is 1. The second-order valence-electron chi connectivity index (χ2n) is 4.79. The average Bonchev–Trinajstić information content (AvgIpc) is 2.45. The molecular formula is C17H13NO2. The van der Waals surface area contributed by atoms with Crippen LogP contribution in [-0.2, 0) is 4.79 Å². The Morgan fingerprint density at radius 2 is 1.65 bits per heavy atom. The standard InChI is InChI=1S/C17H13NO2/c1-11-5-4-6-12(9-11)18-15-10-16(19)17(20)14-8-3-2-7-13(14)15/h2-10,18H,1H3. The summed E-state index contributed by atoms with van der Waals surface area (Å²) >= 11 is 0. The van der Waals surface area contributed by atoms with Crippen LogP contribution in [0.2, 0.25) is 0 Å². The van der Waals surface area contributed by atoms with Gasteiger partial charge in [-0.05, 0) is 24.6 Å². The van der Waals surface area contributed by atoms with Crippen molar-refractivity contribution in [1.29, 1.82) is 0 Å². The van der Waals surface area contributed by atoms with Crippen molar-refractivity contribution in [3.05, 3.63) is 71.3 Å². The van der Waals surface area contributed by atoms with E-state index >= 15 is 0 Å². The minimum absolute atomic E-state index is 0.449. The fourth-order valence-corrected chi connectivity index (χ4v) is 2.30. The SMILES string of the molecule is Cc1cccc(NC2=CC(=O)C(=O)c3ccccc32)c1. The molecule has 0 bridgehead atoms. The van der Waals surface area contributed by atoms with E-state index in [4.69, 9.17) is 0 Å². The van der Waals surface area contributed by atoms with E-state index in [1.165, 1.54) is 6.08 Å². The van der Waals surface area contributed by atoms with Crippen LogP contribution in [-0.4, -0.2) is 11.6 Å². The van der Waals surface area contributed by atoms with Crippen LogP contribution in [0.15, 0.2) is 54.6 Å². The molecule has 0 aliphatic heterocycles. The molecular weight excluding hydrogens is 250 g/mol. The third-order valence-corrected chi connectivity index (χ3v) is 3.26. The summed E-state index contributed by atoms with van der Waals surface area (Å²) in [6, 6.07) is 15.0. The summed E-state index contributed by atoms with van der Waals surface area (Å²) in [6.45, 7) is 2.00. The fraction of sp³-hybridized carbons (Fsp3) is 0.0588. The molecule has 0 fully saturated rings. The van der Waals surface area contributed by atoms with Crippen molar-refractivity contribution in [2.24, 2.45) is 0 Å². The predicted molar refractivity (Wildman–Crippen MR) is 78.6 cm³/mol. The van der Waals surface area contributed by atoms with Crippen LogP contribution < -0.4 is 5.32 Å². The molecule has 0 radical (unpaired) electrons. The number of allylic oxidation sites excluding steroid dienone is 1. The first-order valence-corrected chi connectivity index (χ1v) is 6.38. The van der Waals surface area contributed by atoms with E-state index in [1.54, 1.807) is 12.1 Å². The van der Waals surface area contributed by atoms with E-state index in [2.05, 4.69) is 5.32 Å². The first kappa shape index (κ1) is 12.4. The predicted octanol–water partition coefficient (Wildman–Crippen LogP) is 3.21. The molecule has 0 spiro atoms. The zero-order valence-corrected chi connectivity index (χ0v) is 11.0. The fourth-order valence-electron chi connectivity index (χ4n) is 2.30. The van der Waals surface area contributed by atoms with Crippen molar-refractivity contribution in [2.45, 2.75) is 6.92 Å². The van der Waals surface area contributed by atoms with Crippen LogP contribution in [0.5, 0.6) is 0 Å². The van der Waals surface area contributed by atoms with E-state index in [9.17, 15) is 9.59 Å². The molecule has 3 rings (SSSR count). The highest BCUT2D eigenvalue weighted by atomic mass is 16.2. The van der Waals surface area contributed by atoms with Gasteiger partial charge in [0.05, 0.1) is 5.70 Å². The van der Waals surface area contributed by atoms with E-state index < -0.39 is 11.6 Å². The molecule has 0 unspecified atom stereocenters. The molecule has 0 saturated carbocycles. The molecule has 20 heavy (non-hydrogen) atoms. The molecule has 1 aliphatic rings. The highest BCUT2D eigenvalue weighted by Gasteiger charge is 2.25. The van der Waals surface area contributed by atoms with Crippen molar-refractivity contribution < 1.29 is 9.59 Å². The first-order valence-electron chi connectivity index (χ1n) is 6.38. The van der Waals surface area contributed by atoms with Crippen molar-refractivity contribution >= 4 is 23.0 Å². The van der Waals surface area contributed by atoms with Crippen molar-refractivity contribution in [1.82, 2.24) is 0 Å². The monoisotopic (exact) mass is 263 g/mol. The molecule has 2 aromatic carbocycles. The van der Waals surface area contributed by atoms with Gasteiger partial charge < -0.3 is 5.32 Å². The number of benzene rings is 2. The van der Waals surface area contributed by atoms with Gasteiger partial charge in [0.25, 0.3) is 0 Å². The molecule has 2 aromatic rings. The summed E-state index contributed by atoms with van der Waals surface area (Å²) in [4.78, 5) is 23.6. The minimum atomic E-state index is -0.487. The quantitative estimate of drug-likeness (QED) is 0.846. The third kappa shape index (κ3) is 2.14. The summed E-state index contributed by atoms with van der Waals surface area (Å²) in [5.41, 5.74) is 3.90. The molecule has 0 amide bonds. The van der Waals surface area contributed by atoms with Gasteiger partial charge in [0.2, 0.25) is 11.6 Å². The molecule has 0 heterocycles. The Morgan fingerprint density at radius 3 is 2.40 bits per heavy atom. The third-order valence-electron chi connectivity index (χ3n) is 3.26. The molecule has 1 N–H and O–H groups in total. The zero-order chi connectivity index (χ0) is 14.1. The Kier molecular flexibility index (Phi) is 2.95. The van der Waals surface area contributed by atoms with Gasteiger partial charge in [-0.2, -0.15) is 0 Å². The summed E-state index contributed by atoms with van der Waals surface area (Å²) in [5.74, 6) is -0.936. The normalized spacial score (nSPS) is 13.8. The number of fused-ring (bicyclic) bond motifs is 1. The number of aryl methyl sites for hydroxylation is 1. The van der Waals surface area contributed by atoms with Crippen molar-refractivity contribution in [3.63, 3.8) is 0 Å². The lowest BCUT2D eigenvalue weighted by Gasteiger charge is -2.18. The lowest BCUT2D eigenvalue weighted by molar-refractivity contribution is -0.111. The number of nitrogens with one attached hydrogen (secondary N) is 1. The molecule has 0 aromatic heterocycles. The largest absolute Gasteiger partial charge is 0.355 e. The molecule has 98 valence electrons. The Bertz CT molecular complexity index is 744. The van der Waals surface area contributed by atoms with Crippen LogP contribution in [0.4, 0.5) is 5.69 Å². The molecule has 0 atom stereocenters. The average molecular weight is 263 g/mol. The lowest BCUT2D eigenvalue weighted by atomic mass is 9.92. The number of rotatable bonds is 2. The number of hydrogen-bond acceptors (Lipinski definition) is 3. The van der Waals surface area contributed by atoms with Crippen LogP contribution in [0.1, 0.15) is 21.5 Å². The molecule has 0 saturated heterocycles. The van der Waals surface area contributed by atoms with Gasteiger partial charge in [0.1, 0.15) is 0 Å². The summed E-state index contributed by atoms with van der Waals surface area (Å²) < 4.78 is 0. The van der Waals surface area contributed by atoms with Crippen molar-refractivity contribution in [3.8, 4) is 0 Å². The summed E-state index contributed by atoms with van der Waals surface area (Å²) in [7, 11) is 0. The van der Waals surface area contributed by atoms with Gasteiger partial charge in [0.15, 0.2) is 0 Å². The number of Topliss-reactive ketones (excluding diaryl/α,β-unsaturated/α-hetero) is 1. The maximum atomic E-state index is 11.8. The maximum Gasteiger partial charge on any atom is 0.233 e. The summed E-state index contributed by atoms with van der Waals surface area (Å²) in [5, 5.41) is 3.22. The van der Waals surface area contributed by atoms with E-state index in [0.29, 0.717) is 11.3 Å². The van der Waals surface area contributed by atoms with Gasteiger partial charge in [-0.3, -0.25) is 9.59 Å². The highest BCUT2D eigenvalue weighted by molar-refractivity contribution is 6.50. The zero-order valence-electron chi connectivity index (χ0n) is 11.0. The second kappa shape index (κ2) is 4.78. The number of carbonyl (C=O) groups excluding carboxylic acids is 2. The second-order valence-corrected chi connectivity index (χ2v) is 4.79. The van der Waals surface area contributed by atoms with E-state index in [1.807, 2.05) is 43.3 Å². The summed E-state index contributed by atoms with van der Waals surface area (Å²) in [6.07, 6.45) is 1.37. The molecule has 3 heteroatoms. The van der Waals surface area contributed by atoms with E-state index in [-0.39, 0.29) is 0 Å². The smallest absolute Gasteiger partial charge is 0.233 e. The van der Waals surface area contributed by atoms with Gasteiger partial charge >= 0.3 is 0 Å². The van der Waals surface area contributed by atoms with Gasteiger partial charge in [-0.25, -0.2) is 0 Å². The Labute approximate surface area is 116 Å². The Balaban J connectivity index is 2.03. The van der Waals surface area contributed by atoms with Gasteiger partial charge in [-0.1, -0.05) is 36.4 Å². The van der Waals surface area contributed by atoms with Crippen LogP contribution in [0.25, 0.3) is 5.70 Å². The van der Waals surface area contributed by atoms with E-state index in [0.717, 1.165) is 16.8 Å². The van der Waals surface area contributed by atoms with Gasteiger partial charge in [0, 0.05) is 22.9 Å². The highest BCUT2D eigenvalue weighted by Crippen LogP contribution is 2.26. The van der Waals surface area contributed by atoms with Crippen LogP contribution in [0.3, 0.4) is 0 Å². The number of carbonyl (C=O) groups is 2. The minimum Gasteiger partial charge on any atom is -0.355 e. The molecule has 1 aliphatic carbocycles. The Hall–Kier alpha value is -2.68. The van der Waals surface area contributed by atoms with Crippen LogP contribution >= 0.6 is 0 Å². The lowest BCUT2D eigenvalue weighted by Crippen LogP contribution is -2.20. The van der Waals surface area contributed by atoms with Crippen molar-refractivity contribution in [2.75, 3.05) is 5.32 Å². The first-order chi connectivity index (χ1) is 9.65. The van der Waals surface area contributed by atoms with Gasteiger partial charge in [-0.15, -0.1) is 0 Å².